The van der Waals surface area contributed by atoms with Crippen LogP contribution in [0.2, 0.25) is 0 Å². The Morgan fingerprint density at radius 3 is 2.32 bits per heavy atom. The topological polar surface area (TPSA) is 30.9 Å². The lowest BCUT2D eigenvalue weighted by atomic mass is 9.65. The van der Waals surface area contributed by atoms with Gasteiger partial charge in [0.15, 0.2) is 5.96 Å². The summed E-state index contributed by atoms with van der Waals surface area (Å²) in [5, 5.41) is 3.49. The molecule has 2 aliphatic heterocycles. The highest BCUT2D eigenvalue weighted by Crippen LogP contribution is 2.46. The van der Waals surface area contributed by atoms with E-state index in [1.165, 1.54) is 32.5 Å². The first kappa shape index (κ1) is 17.6. The fourth-order valence-electron chi connectivity index (χ4n) is 3.50. The number of aliphatic imine (C=N–C) groups is 1. The molecule has 1 N–H and O–H groups in total. The zero-order valence-electron chi connectivity index (χ0n) is 15.6. The molecule has 0 aromatic rings. The monoisotopic (exact) mass is 308 g/mol. The Bertz CT molecular complexity index is 394. The Balaban J connectivity index is 1.93. The summed E-state index contributed by atoms with van der Waals surface area (Å²) < 4.78 is 0. The fourth-order valence-corrected chi connectivity index (χ4v) is 3.50. The minimum Gasteiger partial charge on any atom is -0.356 e. The van der Waals surface area contributed by atoms with Gasteiger partial charge in [0.1, 0.15) is 0 Å². The molecule has 0 bridgehead atoms. The van der Waals surface area contributed by atoms with Crippen LogP contribution in [-0.4, -0.2) is 60.6 Å². The maximum atomic E-state index is 4.94. The van der Waals surface area contributed by atoms with Gasteiger partial charge >= 0.3 is 0 Å². The van der Waals surface area contributed by atoms with Gasteiger partial charge in [-0.05, 0) is 52.6 Å². The number of rotatable bonds is 5. The number of nitrogens with zero attached hydrogens (tertiary/aromatic N) is 3. The lowest BCUT2D eigenvalue weighted by Gasteiger charge is -2.62. The van der Waals surface area contributed by atoms with Crippen LogP contribution in [0.1, 0.15) is 54.4 Å². The molecule has 0 spiro atoms. The molecule has 0 saturated carbocycles. The van der Waals surface area contributed by atoms with Gasteiger partial charge < -0.3 is 15.1 Å². The van der Waals surface area contributed by atoms with E-state index in [2.05, 4.69) is 56.7 Å². The molecule has 0 amide bonds. The van der Waals surface area contributed by atoms with Gasteiger partial charge in [-0.25, -0.2) is 0 Å². The van der Waals surface area contributed by atoms with Gasteiger partial charge in [0.25, 0.3) is 0 Å². The van der Waals surface area contributed by atoms with Crippen molar-refractivity contribution in [1.29, 1.82) is 0 Å². The fraction of sp³-hybridized carbons (Fsp3) is 0.944. The number of guanidine groups is 1. The highest BCUT2D eigenvalue weighted by molar-refractivity contribution is 5.82. The third kappa shape index (κ3) is 3.58. The summed E-state index contributed by atoms with van der Waals surface area (Å²) in [6, 6.07) is 0. The molecule has 128 valence electrons. The van der Waals surface area contributed by atoms with Crippen molar-refractivity contribution >= 4 is 5.96 Å². The first-order valence-corrected chi connectivity index (χ1v) is 9.06. The third-order valence-corrected chi connectivity index (χ3v) is 5.80. The molecule has 1 unspecified atom stereocenters. The first-order valence-electron chi connectivity index (χ1n) is 9.06. The maximum absolute atomic E-state index is 4.94. The molecular formula is C18H36N4. The van der Waals surface area contributed by atoms with Crippen LogP contribution >= 0.6 is 0 Å². The summed E-state index contributed by atoms with van der Waals surface area (Å²) >= 11 is 0. The molecule has 0 aromatic carbocycles. The molecule has 0 radical (unpaired) electrons. The van der Waals surface area contributed by atoms with Crippen LogP contribution < -0.4 is 5.32 Å². The van der Waals surface area contributed by atoms with Crippen LogP contribution in [0.3, 0.4) is 0 Å². The Labute approximate surface area is 137 Å². The van der Waals surface area contributed by atoms with E-state index in [0.717, 1.165) is 25.6 Å². The van der Waals surface area contributed by atoms with Crippen LogP contribution in [0.4, 0.5) is 0 Å². The molecule has 2 saturated heterocycles. The number of likely N-dealkylation sites (tertiary alicyclic amines) is 2. The minimum atomic E-state index is 0.173. The van der Waals surface area contributed by atoms with Crippen molar-refractivity contribution in [3.05, 3.63) is 0 Å². The van der Waals surface area contributed by atoms with Crippen molar-refractivity contribution in [2.75, 3.05) is 39.3 Å². The summed E-state index contributed by atoms with van der Waals surface area (Å²) in [6.07, 6.45) is 2.74. The predicted molar refractivity (Wildman–Crippen MR) is 95.4 cm³/mol. The molecule has 2 heterocycles. The Morgan fingerprint density at radius 2 is 1.82 bits per heavy atom. The second kappa shape index (κ2) is 6.77. The molecule has 2 aliphatic rings. The summed E-state index contributed by atoms with van der Waals surface area (Å²) in [5.74, 6) is 1.73. The Hall–Kier alpha value is -0.770. The molecular weight excluding hydrogens is 272 g/mol. The summed E-state index contributed by atoms with van der Waals surface area (Å²) in [5.41, 5.74) is 0.524. The van der Waals surface area contributed by atoms with E-state index in [4.69, 9.17) is 4.99 Å². The Morgan fingerprint density at radius 1 is 1.18 bits per heavy atom. The van der Waals surface area contributed by atoms with Crippen molar-refractivity contribution in [1.82, 2.24) is 15.1 Å². The SMILES string of the molecule is CCNC(=NCC(C)CN1CCCC1)N1CC(C)(C)C1(C)C. The molecule has 0 aromatic heterocycles. The summed E-state index contributed by atoms with van der Waals surface area (Å²) in [7, 11) is 0. The maximum Gasteiger partial charge on any atom is 0.194 e. The molecule has 2 fully saturated rings. The average molecular weight is 309 g/mol. The van der Waals surface area contributed by atoms with E-state index >= 15 is 0 Å². The summed E-state index contributed by atoms with van der Waals surface area (Å²) in [6.45, 7) is 20.5. The van der Waals surface area contributed by atoms with E-state index in [9.17, 15) is 0 Å². The van der Waals surface area contributed by atoms with Crippen LogP contribution in [0.15, 0.2) is 4.99 Å². The highest BCUT2D eigenvalue weighted by atomic mass is 15.4. The van der Waals surface area contributed by atoms with Crippen LogP contribution in [0.5, 0.6) is 0 Å². The number of hydrogen-bond acceptors (Lipinski definition) is 2. The molecule has 0 aliphatic carbocycles. The van der Waals surface area contributed by atoms with Gasteiger partial charge in [0, 0.05) is 37.1 Å². The number of nitrogens with one attached hydrogen (secondary N) is 1. The molecule has 4 heteroatoms. The van der Waals surface area contributed by atoms with Crippen LogP contribution in [-0.2, 0) is 0 Å². The second-order valence-electron chi connectivity index (χ2n) is 8.34. The third-order valence-electron chi connectivity index (χ3n) is 5.80. The normalized spacial score (nSPS) is 25.9. The van der Waals surface area contributed by atoms with E-state index < -0.39 is 0 Å². The van der Waals surface area contributed by atoms with Crippen molar-refractivity contribution < 1.29 is 0 Å². The van der Waals surface area contributed by atoms with Crippen molar-refractivity contribution in [3.8, 4) is 0 Å². The van der Waals surface area contributed by atoms with Gasteiger partial charge in [0.05, 0.1) is 0 Å². The van der Waals surface area contributed by atoms with E-state index in [1.54, 1.807) is 0 Å². The lowest BCUT2D eigenvalue weighted by Crippen LogP contribution is -2.72. The molecule has 1 atom stereocenters. The van der Waals surface area contributed by atoms with Gasteiger partial charge in [-0.15, -0.1) is 0 Å². The zero-order chi connectivity index (χ0) is 16.4. The van der Waals surface area contributed by atoms with Gasteiger partial charge in [-0.1, -0.05) is 20.8 Å². The van der Waals surface area contributed by atoms with Crippen molar-refractivity contribution in [2.45, 2.75) is 59.9 Å². The largest absolute Gasteiger partial charge is 0.356 e. The quantitative estimate of drug-likeness (QED) is 0.626. The number of hydrogen-bond donors (Lipinski definition) is 1. The van der Waals surface area contributed by atoms with E-state index in [-0.39, 0.29) is 5.54 Å². The van der Waals surface area contributed by atoms with Crippen molar-refractivity contribution in [3.63, 3.8) is 0 Å². The smallest absolute Gasteiger partial charge is 0.194 e. The predicted octanol–water partition coefficient (Wildman–Crippen LogP) is 2.80. The molecule has 2 rings (SSSR count). The lowest BCUT2D eigenvalue weighted by molar-refractivity contribution is -0.0668. The molecule has 4 nitrogen and oxygen atoms in total. The zero-order valence-corrected chi connectivity index (χ0v) is 15.6. The van der Waals surface area contributed by atoms with E-state index in [0.29, 0.717) is 11.3 Å². The van der Waals surface area contributed by atoms with Crippen molar-refractivity contribution in [2.24, 2.45) is 16.3 Å². The average Bonchev–Trinajstić information content (AvgIpc) is 2.94. The van der Waals surface area contributed by atoms with Crippen LogP contribution in [0, 0.1) is 11.3 Å². The minimum absolute atomic E-state index is 0.173. The molecule has 22 heavy (non-hydrogen) atoms. The van der Waals surface area contributed by atoms with Gasteiger partial charge in [-0.3, -0.25) is 4.99 Å². The Kier molecular flexibility index (Phi) is 5.41. The van der Waals surface area contributed by atoms with Gasteiger partial charge in [-0.2, -0.15) is 0 Å². The first-order chi connectivity index (χ1) is 10.3. The standard InChI is InChI=1S/C18H36N4/c1-7-19-16(22-14-17(3,4)18(22,5)6)20-12-15(2)13-21-10-8-9-11-21/h15H,7-14H2,1-6H3,(H,19,20). The second-order valence-corrected chi connectivity index (χ2v) is 8.34. The highest BCUT2D eigenvalue weighted by Gasteiger charge is 2.53. The summed E-state index contributed by atoms with van der Waals surface area (Å²) in [4.78, 5) is 9.97. The van der Waals surface area contributed by atoms with Gasteiger partial charge in [0.2, 0.25) is 0 Å². The van der Waals surface area contributed by atoms with E-state index in [1.807, 2.05) is 0 Å². The van der Waals surface area contributed by atoms with Crippen LogP contribution in [0.25, 0.3) is 0 Å².